The SMILES string of the molecule is Nc1cccc2c1N(C(=O)C1CCC1)CC2. The Balaban J connectivity index is 1.93. The van der Waals surface area contributed by atoms with Crippen molar-refractivity contribution >= 4 is 17.3 Å². The van der Waals surface area contributed by atoms with Gasteiger partial charge in [0.1, 0.15) is 0 Å². The minimum Gasteiger partial charge on any atom is -0.397 e. The van der Waals surface area contributed by atoms with Gasteiger partial charge in [0.2, 0.25) is 5.91 Å². The molecule has 3 rings (SSSR count). The van der Waals surface area contributed by atoms with Gasteiger partial charge >= 0.3 is 0 Å². The normalized spacial score (nSPS) is 19.4. The van der Waals surface area contributed by atoms with E-state index < -0.39 is 0 Å². The van der Waals surface area contributed by atoms with Crippen molar-refractivity contribution in [3.05, 3.63) is 23.8 Å². The number of nitrogen functional groups attached to an aromatic ring is 1. The molecule has 1 aliphatic carbocycles. The standard InChI is InChI=1S/C13H16N2O/c14-11-6-2-3-9-7-8-15(12(9)11)13(16)10-4-1-5-10/h2-3,6,10H,1,4-5,7-8,14H2. The van der Waals surface area contributed by atoms with Crippen LogP contribution in [0.4, 0.5) is 11.4 Å². The first-order chi connectivity index (χ1) is 7.77. The molecule has 2 N–H and O–H groups in total. The zero-order chi connectivity index (χ0) is 11.1. The number of rotatable bonds is 1. The van der Waals surface area contributed by atoms with Gasteiger partial charge in [-0.2, -0.15) is 0 Å². The zero-order valence-corrected chi connectivity index (χ0v) is 9.28. The van der Waals surface area contributed by atoms with Gasteiger partial charge in [-0.15, -0.1) is 0 Å². The second-order valence-electron chi connectivity index (χ2n) is 4.72. The third-order valence-corrected chi connectivity index (χ3v) is 3.75. The predicted molar refractivity (Wildman–Crippen MR) is 64.3 cm³/mol. The molecular weight excluding hydrogens is 200 g/mol. The van der Waals surface area contributed by atoms with E-state index in [9.17, 15) is 4.79 Å². The monoisotopic (exact) mass is 216 g/mol. The number of hydrogen-bond acceptors (Lipinski definition) is 2. The number of fused-ring (bicyclic) bond motifs is 1. The molecule has 0 radical (unpaired) electrons. The molecule has 1 aliphatic heterocycles. The molecule has 16 heavy (non-hydrogen) atoms. The Morgan fingerprint density at radius 1 is 1.38 bits per heavy atom. The minimum absolute atomic E-state index is 0.255. The quantitative estimate of drug-likeness (QED) is 0.729. The fourth-order valence-electron chi connectivity index (χ4n) is 2.58. The molecule has 1 fully saturated rings. The van der Waals surface area contributed by atoms with E-state index in [1.807, 2.05) is 17.0 Å². The highest BCUT2D eigenvalue weighted by Crippen LogP contribution is 2.37. The van der Waals surface area contributed by atoms with Crippen molar-refractivity contribution in [1.29, 1.82) is 0 Å². The molecule has 1 saturated carbocycles. The Hall–Kier alpha value is -1.51. The maximum atomic E-state index is 12.2. The van der Waals surface area contributed by atoms with Crippen LogP contribution in [0.3, 0.4) is 0 Å². The van der Waals surface area contributed by atoms with E-state index in [0.29, 0.717) is 0 Å². The summed E-state index contributed by atoms with van der Waals surface area (Å²) in [5.74, 6) is 0.536. The van der Waals surface area contributed by atoms with Crippen molar-refractivity contribution in [2.75, 3.05) is 17.2 Å². The van der Waals surface area contributed by atoms with Gasteiger partial charge in [-0.05, 0) is 30.9 Å². The molecule has 0 saturated heterocycles. The molecule has 0 spiro atoms. The molecule has 3 heteroatoms. The number of para-hydroxylation sites is 1. The minimum atomic E-state index is 0.255. The summed E-state index contributed by atoms with van der Waals surface area (Å²) in [5, 5.41) is 0. The van der Waals surface area contributed by atoms with Crippen LogP contribution in [0.15, 0.2) is 18.2 Å². The van der Waals surface area contributed by atoms with Crippen LogP contribution in [0.5, 0.6) is 0 Å². The Morgan fingerprint density at radius 3 is 2.88 bits per heavy atom. The van der Waals surface area contributed by atoms with Crippen LogP contribution in [-0.4, -0.2) is 12.5 Å². The lowest BCUT2D eigenvalue weighted by molar-refractivity contribution is -0.124. The highest BCUT2D eigenvalue weighted by atomic mass is 16.2. The van der Waals surface area contributed by atoms with Crippen molar-refractivity contribution in [3.63, 3.8) is 0 Å². The Kier molecular flexibility index (Phi) is 2.13. The van der Waals surface area contributed by atoms with Gasteiger partial charge in [0.05, 0.1) is 11.4 Å². The van der Waals surface area contributed by atoms with E-state index in [1.165, 1.54) is 12.0 Å². The highest BCUT2D eigenvalue weighted by molar-refractivity contribution is 6.00. The summed E-state index contributed by atoms with van der Waals surface area (Å²) in [6, 6.07) is 5.91. The molecule has 1 aromatic rings. The lowest BCUT2D eigenvalue weighted by Crippen LogP contribution is -2.38. The summed E-state index contributed by atoms with van der Waals surface area (Å²) in [6.45, 7) is 0.804. The Bertz CT molecular complexity index is 438. The second kappa shape index (κ2) is 3.51. The fourth-order valence-corrected chi connectivity index (χ4v) is 2.58. The van der Waals surface area contributed by atoms with Crippen LogP contribution >= 0.6 is 0 Å². The first-order valence-electron chi connectivity index (χ1n) is 5.96. The van der Waals surface area contributed by atoms with Gasteiger partial charge in [0.25, 0.3) is 0 Å². The average molecular weight is 216 g/mol. The molecular formula is C13H16N2O. The van der Waals surface area contributed by atoms with Gasteiger partial charge in [-0.25, -0.2) is 0 Å². The fraction of sp³-hybridized carbons (Fsp3) is 0.462. The van der Waals surface area contributed by atoms with Crippen LogP contribution in [-0.2, 0) is 11.2 Å². The molecule has 2 aliphatic rings. The number of nitrogens with zero attached hydrogens (tertiary/aromatic N) is 1. The average Bonchev–Trinajstić information content (AvgIpc) is 2.60. The van der Waals surface area contributed by atoms with Crippen molar-refractivity contribution < 1.29 is 4.79 Å². The first-order valence-corrected chi connectivity index (χ1v) is 5.96. The maximum absolute atomic E-state index is 12.2. The molecule has 3 nitrogen and oxygen atoms in total. The summed E-state index contributed by atoms with van der Waals surface area (Å²) in [7, 11) is 0. The summed E-state index contributed by atoms with van der Waals surface area (Å²) in [5.41, 5.74) is 8.89. The van der Waals surface area contributed by atoms with E-state index >= 15 is 0 Å². The van der Waals surface area contributed by atoms with E-state index in [4.69, 9.17) is 5.73 Å². The van der Waals surface area contributed by atoms with E-state index in [1.54, 1.807) is 0 Å². The second-order valence-corrected chi connectivity index (χ2v) is 4.72. The first kappa shape index (κ1) is 9.70. The van der Waals surface area contributed by atoms with Crippen molar-refractivity contribution in [3.8, 4) is 0 Å². The van der Waals surface area contributed by atoms with Crippen LogP contribution in [0, 0.1) is 5.92 Å². The van der Waals surface area contributed by atoms with Crippen LogP contribution in [0.25, 0.3) is 0 Å². The van der Waals surface area contributed by atoms with Crippen molar-refractivity contribution in [2.45, 2.75) is 25.7 Å². The molecule has 0 atom stereocenters. The molecule has 84 valence electrons. The lowest BCUT2D eigenvalue weighted by atomic mass is 9.84. The number of anilines is 2. The number of nitrogens with two attached hydrogens (primary N) is 1. The van der Waals surface area contributed by atoms with Crippen molar-refractivity contribution in [1.82, 2.24) is 0 Å². The largest absolute Gasteiger partial charge is 0.397 e. The highest BCUT2D eigenvalue weighted by Gasteiger charge is 2.34. The molecule has 0 aromatic heterocycles. The number of benzene rings is 1. The predicted octanol–water partition coefficient (Wildman–Crippen LogP) is 1.96. The zero-order valence-electron chi connectivity index (χ0n) is 9.28. The van der Waals surface area contributed by atoms with E-state index in [2.05, 4.69) is 6.07 Å². The van der Waals surface area contributed by atoms with Crippen LogP contribution in [0.1, 0.15) is 24.8 Å². The molecule has 0 unspecified atom stereocenters. The van der Waals surface area contributed by atoms with E-state index in [0.717, 1.165) is 37.2 Å². The molecule has 0 bridgehead atoms. The summed E-state index contributed by atoms with van der Waals surface area (Å²) < 4.78 is 0. The smallest absolute Gasteiger partial charge is 0.230 e. The van der Waals surface area contributed by atoms with Crippen LogP contribution < -0.4 is 10.6 Å². The number of amides is 1. The Morgan fingerprint density at radius 2 is 2.19 bits per heavy atom. The number of carbonyl (C=O) groups excluding carboxylic acids is 1. The van der Waals surface area contributed by atoms with Crippen LogP contribution in [0.2, 0.25) is 0 Å². The molecule has 1 amide bonds. The van der Waals surface area contributed by atoms with Gasteiger partial charge in [-0.3, -0.25) is 4.79 Å². The third-order valence-electron chi connectivity index (χ3n) is 3.75. The molecule has 1 aromatic carbocycles. The Labute approximate surface area is 95.2 Å². The summed E-state index contributed by atoms with van der Waals surface area (Å²) in [4.78, 5) is 14.1. The third kappa shape index (κ3) is 1.31. The van der Waals surface area contributed by atoms with E-state index in [-0.39, 0.29) is 11.8 Å². The van der Waals surface area contributed by atoms with Gasteiger partial charge in [-0.1, -0.05) is 18.6 Å². The maximum Gasteiger partial charge on any atom is 0.230 e. The van der Waals surface area contributed by atoms with Gasteiger partial charge < -0.3 is 10.6 Å². The topological polar surface area (TPSA) is 46.3 Å². The number of carbonyl (C=O) groups is 1. The lowest BCUT2D eigenvalue weighted by Gasteiger charge is -2.29. The molecule has 1 heterocycles. The van der Waals surface area contributed by atoms with Gasteiger partial charge in [0, 0.05) is 12.5 Å². The summed E-state index contributed by atoms with van der Waals surface area (Å²) in [6.07, 6.45) is 4.25. The number of hydrogen-bond donors (Lipinski definition) is 1. The van der Waals surface area contributed by atoms with Gasteiger partial charge in [0.15, 0.2) is 0 Å². The summed E-state index contributed by atoms with van der Waals surface area (Å²) >= 11 is 0. The van der Waals surface area contributed by atoms with Crippen molar-refractivity contribution in [2.24, 2.45) is 5.92 Å².